The molecule has 0 unspecified atom stereocenters. The van der Waals surface area contributed by atoms with E-state index in [9.17, 15) is 0 Å². The minimum Gasteiger partial charge on any atom is -1.00 e. The summed E-state index contributed by atoms with van der Waals surface area (Å²) >= 11 is 1.67. The summed E-state index contributed by atoms with van der Waals surface area (Å²) in [5.41, 5.74) is 1.21. The zero-order valence-electron chi connectivity index (χ0n) is 6.56. The Kier molecular flexibility index (Phi) is 9.49. The SMILES string of the molecule is C=C(C)Cc1cc[c-]s1.[Br-].[Mg+2]. The Hall–Kier alpha value is 0.686. The predicted octanol–water partition coefficient (Wildman–Crippen LogP) is -0.710. The van der Waals surface area contributed by atoms with Crippen molar-refractivity contribution >= 4 is 34.4 Å². The maximum atomic E-state index is 3.82. The van der Waals surface area contributed by atoms with Crippen LogP contribution in [0.1, 0.15) is 11.8 Å². The van der Waals surface area contributed by atoms with Crippen molar-refractivity contribution in [3.8, 4) is 0 Å². The maximum Gasteiger partial charge on any atom is 2.00 e. The number of hydrogen-bond acceptors (Lipinski definition) is 1. The molecule has 0 saturated heterocycles. The van der Waals surface area contributed by atoms with Crippen molar-refractivity contribution in [1.29, 1.82) is 0 Å². The molecule has 0 atom stereocenters. The van der Waals surface area contributed by atoms with Crippen LogP contribution in [0.2, 0.25) is 0 Å². The Bertz CT molecular complexity index is 194. The average molecular weight is 241 g/mol. The standard InChI is InChI=1S/C8H9S.BrH.Mg/c1-7(2)6-8-4-3-5-9-8;;/h3-4H,1,6H2,2H3;1H;/q-1;;+2/p-1. The fraction of sp³-hybridized carbons (Fsp3) is 0.250. The predicted molar refractivity (Wildman–Crippen MR) is 47.4 cm³/mol. The van der Waals surface area contributed by atoms with E-state index in [4.69, 9.17) is 0 Å². The van der Waals surface area contributed by atoms with Gasteiger partial charge >= 0.3 is 23.1 Å². The topological polar surface area (TPSA) is 0 Å². The quantitative estimate of drug-likeness (QED) is 0.365. The van der Waals surface area contributed by atoms with E-state index >= 15 is 0 Å². The molecule has 0 bridgehead atoms. The third kappa shape index (κ3) is 5.90. The monoisotopic (exact) mass is 240 g/mol. The second-order valence-electron chi connectivity index (χ2n) is 2.15. The van der Waals surface area contributed by atoms with E-state index in [2.05, 4.69) is 18.0 Å². The average Bonchev–Trinajstić information content (AvgIpc) is 2.15. The van der Waals surface area contributed by atoms with E-state index in [1.165, 1.54) is 10.5 Å². The molecule has 11 heavy (non-hydrogen) atoms. The molecule has 3 heteroatoms. The molecular weight excluding hydrogens is 232 g/mol. The molecule has 0 aromatic carbocycles. The van der Waals surface area contributed by atoms with Gasteiger partial charge in [0.1, 0.15) is 0 Å². The summed E-state index contributed by atoms with van der Waals surface area (Å²) in [4.78, 5) is 1.35. The summed E-state index contributed by atoms with van der Waals surface area (Å²) in [6.07, 6.45) is 1.01. The summed E-state index contributed by atoms with van der Waals surface area (Å²) in [6.45, 7) is 5.86. The Morgan fingerprint density at radius 3 is 2.73 bits per heavy atom. The van der Waals surface area contributed by atoms with Crippen LogP contribution in [0.15, 0.2) is 24.3 Å². The molecule has 0 saturated carbocycles. The summed E-state index contributed by atoms with van der Waals surface area (Å²) in [5.74, 6) is 0. The molecular formula is C8H9BrMgS. The number of allylic oxidation sites excluding steroid dienone is 1. The first-order valence-electron chi connectivity index (χ1n) is 2.88. The largest absolute Gasteiger partial charge is 2.00 e. The summed E-state index contributed by atoms with van der Waals surface area (Å²) in [5, 5.41) is 3.04. The number of halogens is 1. The number of rotatable bonds is 2. The third-order valence-electron chi connectivity index (χ3n) is 1.00. The van der Waals surface area contributed by atoms with Crippen LogP contribution < -0.4 is 17.0 Å². The Balaban J connectivity index is 0. The summed E-state index contributed by atoms with van der Waals surface area (Å²) in [7, 11) is 0. The third-order valence-corrected chi connectivity index (χ3v) is 1.80. The van der Waals surface area contributed by atoms with Crippen molar-refractivity contribution in [3.05, 3.63) is 34.5 Å². The Morgan fingerprint density at radius 2 is 2.36 bits per heavy atom. The van der Waals surface area contributed by atoms with Crippen LogP contribution in [-0.4, -0.2) is 23.1 Å². The van der Waals surface area contributed by atoms with Gasteiger partial charge in [-0.25, -0.2) is 6.07 Å². The van der Waals surface area contributed by atoms with Gasteiger partial charge in [0.05, 0.1) is 0 Å². The normalized spacial score (nSPS) is 7.73. The minimum absolute atomic E-state index is 0. The number of thiophene rings is 1. The first-order valence-corrected chi connectivity index (χ1v) is 3.70. The molecule has 0 aliphatic rings. The zero-order valence-corrected chi connectivity index (χ0v) is 10.4. The van der Waals surface area contributed by atoms with Crippen molar-refractivity contribution < 1.29 is 17.0 Å². The Morgan fingerprint density at radius 1 is 1.73 bits per heavy atom. The minimum atomic E-state index is 0. The molecule has 1 heterocycles. The Labute approximate surface area is 98.6 Å². The summed E-state index contributed by atoms with van der Waals surface area (Å²) in [6, 6.07) is 4.03. The van der Waals surface area contributed by atoms with E-state index in [-0.39, 0.29) is 40.0 Å². The first-order chi connectivity index (χ1) is 4.29. The van der Waals surface area contributed by atoms with Crippen LogP contribution in [0.5, 0.6) is 0 Å². The van der Waals surface area contributed by atoms with E-state index in [0.717, 1.165) is 6.42 Å². The zero-order chi connectivity index (χ0) is 6.69. The van der Waals surface area contributed by atoms with Crippen LogP contribution in [0, 0.1) is 5.38 Å². The molecule has 0 radical (unpaired) electrons. The molecule has 0 N–H and O–H groups in total. The fourth-order valence-electron chi connectivity index (χ4n) is 0.663. The van der Waals surface area contributed by atoms with Gasteiger partial charge in [-0.15, -0.1) is 16.8 Å². The first kappa shape index (κ1) is 14.2. The molecule has 0 spiro atoms. The van der Waals surface area contributed by atoms with Crippen LogP contribution in [0.4, 0.5) is 0 Å². The van der Waals surface area contributed by atoms with Crippen molar-refractivity contribution in [2.45, 2.75) is 13.3 Å². The molecule has 56 valence electrons. The second-order valence-corrected chi connectivity index (χ2v) is 3.12. The maximum absolute atomic E-state index is 3.82. The van der Waals surface area contributed by atoms with Crippen LogP contribution in [-0.2, 0) is 6.42 Å². The smallest absolute Gasteiger partial charge is 1.00 e. The van der Waals surface area contributed by atoms with Crippen molar-refractivity contribution in [1.82, 2.24) is 0 Å². The molecule has 1 aromatic heterocycles. The molecule has 0 aliphatic heterocycles. The van der Waals surface area contributed by atoms with Gasteiger partial charge < -0.3 is 28.3 Å². The van der Waals surface area contributed by atoms with Gasteiger partial charge in [0, 0.05) is 0 Å². The van der Waals surface area contributed by atoms with Crippen molar-refractivity contribution in [2.24, 2.45) is 0 Å². The van der Waals surface area contributed by atoms with Crippen LogP contribution in [0.25, 0.3) is 0 Å². The molecule has 0 nitrogen and oxygen atoms in total. The van der Waals surface area contributed by atoms with Gasteiger partial charge in [-0.1, -0.05) is 12.0 Å². The van der Waals surface area contributed by atoms with Gasteiger partial charge in [-0.2, -0.15) is 6.07 Å². The fourth-order valence-corrected chi connectivity index (χ4v) is 1.41. The molecule has 0 aliphatic carbocycles. The van der Waals surface area contributed by atoms with Gasteiger partial charge in [-0.3, -0.25) is 0 Å². The molecule has 0 amide bonds. The van der Waals surface area contributed by atoms with E-state index in [1.54, 1.807) is 11.3 Å². The van der Waals surface area contributed by atoms with Crippen LogP contribution >= 0.6 is 11.3 Å². The number of hydrogen-bond donors (Lipinski definition) is 0. The van der Waals surface area contributed by atoms with E-state index in [1.807, 2.05) is 13.0 Å². The van der Waals surface area contributed by atoms with Gasteiger partial charge in [-0.05, 0) is 6.92 Å². The summed E-state index contributed by atoms with van der Waals surface area (Å²) < 4.78 is 0. The van der Waals surface area contributed by atoms with Gasteiger partial charge in [0.2, 0.25) is 0 Å². The molecule has 0 fully saturated rings. The van der Waals surface area contributed by atoms with Crippen LogP contribution in [0.3, 0.4) is 0 Å². The van der Waals surface area contributed by atoms with Gasteiger partial charge in [0.15, 0.2) is 0 Å². The molecule has 1 rings (SSSR count). The second kappa shape index (κ2) is 7.34. The van der Waals surface area contributed by atoms with Gasteiger partial charge in [0.25, 0.3) is 0 Å². The van der Waals surface area contributed by atoms with E-state index < -0.39 is 0 Å². The van der Waals surface area contributed by atoms with E-state index in [0.29, 0.717) is 0 Å². The van der Waals surface area contributed by atoms with Crippen molar-refractivity contribution in [2.75, 3.05) is 0 Å². The molecule has 1 aromatic rings. The van der Waals surface area contributed by atoms with Crippen molar-refractivity contribution in [3.63, 3.8) is 0 Å².